The van der Waals surface area contributed by atoms with Crippen molar-refractivity contribution in [3.05, 3.63) is 11.1 Å². The van der Waals surface area contributed by atoms with E-state index in [1.165, 1.54) is 62.8 Å². The highest BCUT2D eigenvalue weighted by Crippen LogP contribution is 2.35. The van der Waals surface area contributed by atoms with Gasteiger partial charge in [0.15, 0.2) is 5.78 Å². The van der Waals surface area contributed by atoms with Gasteiger partial charge in [-0.05, 0) is 63.6 Å². The van der Waals surface area contributed by atoms with Gasteiger partial charge >= 0.3 is 0 Å². The smallest absolute Gasteiger partial charge is 0.158 e. The van der Waals surface area contributed by atoms with Crippen molar-refractivity contribution in [3.8, 4) is 0 Å². The summed E-state index contributed by atoms with van der Waals surface area (Å²) in [5.74, 6) is 0.454. The Hall–Kier alpha value is -0.630. The third kappa shape index (κ3) is 3.68. The van der Waals surface area contributed by atoms with Crippen LogP contribution in [0, 0.1) is 0 Å². The van der Waals surface area contributed by atoms with Crippen LogP contribution >= 0.6 is 0 Å². The third-order valence-corrected chi connectivity index (χ3v) is 4.68. The summed E-state index contributed by atoms with van der Waals surface area (Å²) in [7, 11) is 0. The molecule has 2 aliphatic carbocycles. The zero-order chi connectivity index (χ0) is 13.7. The Morgan fingerprint density at radius 3 is 2.68 bits per heavy atom. The number of allylic oxidation sites excluding steroid dienone is 1. The molecule has 0 aromatic rings. The van der Waals surface area contributed by atoms with Crippen molar-refractivity contribution in [2.75, 3.05) is 13.1 Å². The zero-order valence-electron chi connectivity index (χ0n) is 12.7. The molecular weight excluding hydrogens is 234 g/mol. The standard InChI is InChI=1S/C17H29NO/c1-3-5-12-18(11-4-2)15-9-10-16-14(13-15)7-6-8-17(16)19/h15H,3-13H2,1-2H3. The van der Waals surface area contributed by atoms with E-state index >= 15 is 0 Å². The lowest BCUT2D eigenvalue weighted by molar-refractivity contribution is -0.116. The van der Waals surface area contributed by atoms with Crippen LogP contribution in [0.3, 0.4) is 0 Å². The number of rotatable bonds is 6. The average Bonchev–Trinajstić information content (AvgIpc) is 2.43. The number of nitrogens with zero attached hydrogens (tertiary/aromatic N) is 1. The first-order valence-electron chi connectivity index (χ1n) is 8.24. The predicted octanol–water partition coefficient (Wildman–Crippen LogP) is 4.10. The van der Waals surface area contributed by atoms with Crippen LogP contribution in [0.1, 0.15) is 71.6 Å². The van der Waals surface area contributed by atoms with E-state index < -0.39 is 0 Å². The minimum absolute atomic E-state index is 0.454. The van der Waals surface area contributed by atoms with Crippen molar-refractivity contribution in [1.29, 1.82) is 0 Å². The number of carbonyl (C=O) groups is 1. The lowest BCUT2D eigenvalue weighted by Gasteiger charge is -2.37. The monoisotopic (exact) mass is 263 g/mol. The number of hydrogen-bond acceptors (Lipinski definition) is 2. The van der Waals surface area contributed by atoms with Crippen LogP contribution in [-0.2, 0) is 4.79 Å². The van der Waals surface area contributed by atoms with E-state index in [0.29, 0.717) is 11.8 Å². The number of hydrogen-bond donors (Lipinski definition) is 0. The second-order valence-corrected chi connectivity index (χ2v) is 6.14. The fourth-order valence-corrected chi connectivity index (χ4v) is 3.64. The summed E-state index contributed by atoms with van der Waals surface area (Å²) >= 11 is 0. The molecule has 2 nitrogen and oxygen atoms in total. The summed E-state index contributed by atoms with van der Waals surface area (Å²) in [6.07, 6.45) is 10.3. The summed E-state index contributed by atoms with van der Waals surface area (Å²) in [6, 6.07) is 0.705. The van der Waals surface area contributed by atoms with Crippen molar-refractivity contribution in [1.82, 2.24) is 4.90 Å². The van der Waals surface area contributed by atoms with Gasteiger partial charge < -0.3 is 4.90 Å². The van der Waals surface area contributed by atoms with Crippen molar-refractivity contribution in [2.24, 2.45) is 0 Å². The third-order valence-electron chi connectivity index (χ3n) is 4.68. The van der Waals surface area contributed by atoms with E-state index in [9.17, 15) is 4.79 Å². The van der Waals surface area contributed by atoms with E-state index in [2.05, 4.69) is 18.7 Å². The van der Waals surface area contributed by atoms with Crippen LogP contribution in [0.4, 0.5) is 0 Å². The zero-order valence-corrected chi connectivity index (χ0v) is 12.7. The average molecular weight is 263 g/mol. The van der Waals surface area contributed by atoms with Crippen molar-refractivity contribution in [2.45, 2.75) is 77.7 Å². The van der Waals surface area contributed by atoms with Gasteiger partial charge in [-0.25, -0.2) is 0 Å². The molecule has 1 unspecified atom stereocenters. The van der Waals surface area contributed by atoms with Crippen molar-refractivity contribution >= 4 is 5.78 Å². The second kappa shape index (κ2) is 7.23. The Kier molecular flexibility index (Phi) is 5.62. The number of ketones is 1. The fraction of sp³-hybridized carbons (Fsp3) is 0.824. The molecule has 0 aromatic carbocycles. The Balaban J connectivity index is 2.00. The molecule has 0 saturated carbocycles. The second-order valence-electron chi connectivity index (χ2n) is 6.14. The molecule has 0 bridgehead atoms. The van der Waals surface area contributed by atoms with Crippen LogP contribution in [0.2, 0.25) is 0 Å². The van der Waals surface area contributed by atoms with Crippen LogP contribution < -0.4 is 0 Å². The molecule has 0 heterocycles. The minimum Gasteiger partial charge on any atom is -0.300 e. The minimum atomic E-state index is 0.454. The van der Waals surface area contributed by atoms with E-state index in [1.54, 1.807) is 0 Å². The Labute approximate surface area is 118 Å². The molecule has 19 heavy (non-hydrogen) atoms. The number of Topliss-reactive ketones (excluding diaryl/α,β-unsaturated/α-hetero) is 1. The van der Waals surface area contributed by atoms with Gasteiger partial charge in [-0.2, -0.15) is 0 Å². The molecular formula is C17H29NO. The highest BCUT2D eigenvalue weighted by Gasteiger charge is 2.29. The van der Waals surface area contributed by atoms with Gasteiger partial charge in [0, 0.05) is 12.5 Å². The summed E-state index contributed by atoms with van der Waals surface area (Å²) in [6.45, 7) is 7.01. The first kappa shape index (κ1) is 14.8. The molecule has 0 aromatic heterocycles. The highest BCUT2D eigenvalue weighted by molar-refractivity contribution is 5.97. The molecule has 0 N–H and O–H groups in total. The normalized spacial score (nSPS) is 23.9. The van der Waals surface area contributed by atoms with Crippen LogP contribution in [0.5, 0.6) is 0 Å². The highest BCUT2D eigenvalue weighted by atomic mass is 16.1. The maximum atomic E-state index is 11.9. The SMILES string of the molecule is CCCCN(CCC)C1CCC2=C(CCCC2=O)C1. The Bertz CT molecular complexity index is 345. The van der Waals surface area contributed by atoms with E-state index in [4.69, 9.17) is 0 Å². The summed E-state index contributed by atoms with van der Waals surface area (Å²) in [5, 5.41) is 0. The molecule has 0 amide bonds. The largest absolute Gasteiger partial charge is 0.300 e. The quantitative estimate of drug-likeness (QED) is 0.719. The molecule has 0 radical (unpaired) electrons. The van der Waals surface area contributed by atoms with Gasteiger partial charge in [-0.3, -0.25) is 4.79 Å². The van der Waals surface area contributed by atoms with E-state index in [1.807, 2.05) is 0 Å². The van der Waals surface area contributed by atoms with Gasteiger partial charge in [-0.1, -0.05) is 25.8 Å². The maximum Gasteiger partial charge on any atom is 0.158 e. The Morgan fingerprint density at radius 1 is 1.11 bits per heavy atom. The van der Waals surface area contributed by atoms with Crippen LogP contribution in [0.15, 0.2) is 11.1 Å². The van der Waals surface area contributed by atoms with Crippen molar-refractivity contribution < 1.29 is 4.79 Å². The molecule has 108 valence electrons. The molecule has 2 heteroatoms. The van der Waals surface area contributed by atoms with Crippen LogP contribution in [0.25, 0.3) is 0 Å². The Morgan fingerprint density at radius 2 is 1.95 bits per heavy atom. The summed E-state index contributed by atoms with van der Waals surface area (Å²) in [4.78, 5) is 14.6. The topological polar surface area (TPSA) is 20.3 Å². The van der Waals surface area contributed by atoms with Gasteiger partial charge in [0.2, 0.25) is 0 Å². The predicted molar refractivity (Wildman–Crippen MR) is 80.3 cm³/mol. The number of unbranched alkanes of at least 4 members (excludes halogenated alkanes) is 1. The molecule has 0 saturated heterocycles. The van der Waals surface area contributed by atoms with Crippen molar-refractivity contribution in [3.63, 3.8) is 0 Å². The molecule has 0 aliphatic heterocycles. The summed E-state index contributed by atoms with van der Waals surface area (Å²) in [5.41, 5.74) is 2.72. The van der Waals surface area contributed by atoms with Crippen LogP contribution in [-0.4, -0.2) is 29.8 Å². The van der Waals surface area contributed by atoms with Gasteiger partial charge in [0.25, 0.3) is 0 Å². The molecule has 0 spiro atoms. The fourth-order valence-electron chi connectivity index (χ4n) is 3.64. The molecule has 2 aliphatic rings. The lowest BCUT2D eigenvalue weighted by Crippen LogP contribution is -2.39. The lowest BCUT2D eigenvalue weighted by atomic mass is 9.79. The van der Waals surface area contributed by atoms with Gasteiger partial charge in [0.05, 0.1) is 0 Å². The molecule has 2 rings (SSSR count). The van der Waals surface area contributed by atoms with Gasteiger partial charge in [-0.15, -0.1) is 0 Å². The summed E-state index contributed by atoms with van der Waals surface area (Å²) < 4.78 is 0. The molecule has 1 atom stereocenters. The van der Waals surface area contributed by atoms with E-state index in [0.717, 1.165) is 19.3 Å². The first-order valence-corrected chi connectivity index (χ1v) is 8.24. The van der Waals surface area contributed by atoms with Gasteiger partial charge in [0.1, 0.15) is 0 Å². The maximum absolute atomic E-state index is 11.9. The first-order chi connectivity index (χ1) is 9.26. The molecule has 0 fully saturated rings. The van der Waals surface area contributed by atoms with E-state index in [-0.39, 0.29) is 0 Å². The number of carbonyl (C=O) groups excluding carboxylic acids is 1.